The first kappa shape index (κ1) is 7.74. The monoisotopic (exact) mass is 162 g/mol. The molecular weight excluding hydrogens is 148 g/mol. The van der Waals surface area contributed by atoms with Crippen molar-refractivity contribution in [2.45, 2.75) is 19.9 Å². The van der Waals surface area contributed by atoms with E-state index < -0.39 is 0 Å². The van der Waals surface area contributed by atoms with Crippen LogP contribution in [0, 0.1) is 6.92 Å². The Balaban J connectivity index is 2.02. The van der Waals surface area contributed by atoms with Gasteiger partial charge in [0.05, 0.1) is 5.69 Å². The Hall–Kier alpha value is -0.890. The third-order valence-corrected chi connectivity index (χ3v) is 2.28. The van der Waals surface area contributed by atoms with Crippen LogP contribution < -0.4 is 0 Å². The van der Waals surface area contributed by atoms with Crippen LogP contribution in [0.4, 0.5) is 0 Å². The standard InChI is InChI=1S/C10H14N2/c1-9-4-2-5-10(11-9)8-12-6-3-7-12/h2,4-5H,3,6-8H2,1H3. The van der Waals surface area contributed by atoms with Gasteiger partial charge in [-0.3, -0.25) is 9.88 Å². The Kier molecular flexibility index (Phi) is 2.09. The number of pyridine rings is 1. The fourth-order valence-electron chi connectivity index (χ4n) is 1.46. The van der Waals surface area contributed by atoms with E-state index in [1.165, 1.54) is 25.2 Å². The van der Waals surface area contributed by atoms with Crippen LogP contribution >= 0.6 is 0 Å². The van der Waals surface area contributed by atoms with Crippen LogP contribution in [0.2, 0.25) is 0 Å². The molecule has 1 aliphatic heterocycles. The van der Waals surface area contributed by atoms with Gasteiger partial charge in [-0.1, -0.05) is 6.07 Å². The van der Waals surface area contributed by atoms with Crippen LogP contribution in [0.15, 0.2) is 18.2 Å². The van der Waals surface area contributed by atoms with E-state index in [9.17, 15) is 0 Å². The fourth-order valence-corrected chi connectivity index (χ4v) is 1.46. The van der Waals surface area contributed by atoms with E-state index in [1.807, 2.05) is 13.0 Å². The molecule has 0 spiro atoms. The minimum absolute atomic E-state index is 1.03. The van der Waals surface area contributed by atoms with Crippen LogP contribution in [-0.4, -0.2) is 23.0 Å². The molecule has 2 heteroatoms. The maximum atomic E-state index is 4.45. The molecule has 1 aromatic rings. The minimum atomic E-state index is 1.03. The molecule has 0 aromatic carbocycles. The van der Waals surface area contributed by atoms with Gasteiger partial charge in [-0.05, 0) is 38.6 Å². The second kappa shape index (κ2) is 3.23. The average molecular weight is 162 g/mol. The lowest BCUT2D eigenvalue weighted by Gasteiger charge is -2.30. The zero-order chi connectivity index (χ0) is 8.39. The van der Waals surface area contributed by atoms with Crippen LogP contribution in [0.3, 0.4) is 0 Å². The van der Waals surface area contributed by atoms with Crippen molar-refractivity contribution in [2.24, 2.45) is 0 Å². The minimum Gasteiger partial charge on any atom is -0.297 e. The molecule has 64 valence electrons. The Bertz CT molecular complexity index is 266. The molecular formula is C10H14N2. The lowest BCUT2D eigenvalue weighted by atomic mass is 10.2. The topological polar surface area (TPSA) is 16.1 Å². The average Bonchev–Trinajstić information content (AvgIpc) is 1.97. The van der Waals surface area contributed by atoms with E-state index in [-0.39, 0.29) is 0 Å². The summed E-state index contributed by atoms with van der Waals surface area (Å²) in [4.78, 5) is 6.87. The summed E-state index contributed by atoms with van der Waals surface area (Å²) in [6.07, 6.45) is 1.35. The van der Waals surface area contributed by atoms with Crippen molar-refractivity contribution >= 4 is 0 Å². The number of nitrogens with zero attached hydrogens (tertiary/aromatic N) is 2. The van der Waals surface area contributed by atoms with Gasteiger partial charge in [0, 0.05) is 12.2 Å². The van der Waals surface area contributed by atoms with Crippen LogP contribution in [-0.2, 0) is 6.54 Å². The summed E-state index contributed by atoms with van der Waals surface area (Å²) in [5.74, 6) is 0. The van der Waals surface area contributed by atoms with Crippen molar-refractivity contribution in [1.29, 1.82) is 0 Å². The molecule has 2 rings (SSSR count). The number of hydrogen-bond acceptors (Lipinski definition) is 2. The molecule has 0 bridgehead atoms. The molecule has 0 radical (unpaired) electrons. The third-order valence-electron chi connectivity index (χ3n) is 2.28. The van der Waals surface area contributed by atoms with Gasteiger partial charge in [-0.25, -0.2) is 0 Å². The largest absolute Gasteiger partial charge is 0.297 e. The van der Waals surface area contributed by atoms with Crippen molar-refractivity contribution < 1.29 is 0 Å². The number of hydrogen-bond donors (Lipinski definition) is 0. The highest BCUT2D eigenvalue weighted by atomic mass is 15.2. The molecule has 0 N–H and O–H groups in total. The molecule has 1 aromatic heterocycles. The quantitative estimate of drug-likeness (QED) is 0.656. The highest BCUT2D eigenvalue weighted by Crippen LogP contribution is 2.10. The molecule has 2 nitrogen and oxygen atoms in total. The summed E-state index contributed by atoms with van der Waals surface area (Å²) >= 11 is 0. The van der Waals surface area contributed by atoms with Crippen LogP contribution in [0.25, 0.3) is 0 Å². The number of aromatic nitrogens is 1. The van der Waals surface area contributed by atoms with Crippen molar-refractivity contribution in [3.8, 4) is 0 Å². The van der Waals surface area contributed by atoms with E-state index in [1.54, 1.807) is 0 Å². The second-order valence-electron chi connectivity index (χ2n) is 3.40. The van der Waals surface area contributed by atoms with Crippen LogP contribution in [0.1, 0.15) is 17.8 Å². The summed E-state index contributed by atoms with van der Waals surface area (Å²) in [5.41, 5.74) is 2.32. The lowest BCUT2D eigenvalue weighted by molar-refractivity contribution is 0.170. The molecule has 0 aliphatic carbocycles. The SMILES string of the molecule is Cc1cccc(CN2CCC2)n1. The maximum absolute atomic E-state index is 4.45. The van der Waals surface area contributed by atoms with Crippen molar-refractivity contribution in [1.82, 2.24) is 9.88 Å². The van der Waals surface area contributed by atoms with E-state index in [4.69, 9.17) is 0 Å². The maximum Gasteiger partial charge on any atom is 0.0547 e. The molecule has 1 fully saturated rings. The summed E-state index contributed by atoms with van der Waals surface area (Å²) in [7, 11) is 0. The summed E-state index contributed by atoms with van der Waals surface area (Å²) in [6, 6.07) is 6.22. The Morgan fingerprint density at radius 3 is 2.83 bits per heavy atom. The second-order valence-corrected chi connectivity index (χ2v) is 3.40. The summed E-state index contributed by atoms with van der Waals surface area (Å²) in [5, 5.41) is 0. The van der Waals surface area contributed by atoms with Gasteiger partial charge < -0.3 is 0 Å². The first-order valence-corrected chi connectivity index (χ1v) is 4.49. The molecule has 12 heavy (non-hydrogen) atoms. The van der Waals surface area contributed by atoms with Gasteiger partial charge in [0.2, 0.25) is 0 Å². The van der Waals surface area contributed by atoms with Crippen molar-refractivity contribution in [3.05, 3.63) is 29.6 Å². The van der Waals surface area contributed by atoms with Gasteiger partial charge in [0.15, 0.2) is 0 Å². The highest BCUT2D eigenvalue weighted by molar-refractivity contribution is 5.09. The normalized spacial score (nSPS) is 17.4. The van der Waals surface area contributed by atoms with Crippen molar-refractivity contribution in [2.75, 3.05) is 13.1 Å². The smallest absolute Gasteiger partial charge is 0.0547 e. The highest BCUT2D eigenvalue weighted by Gasteiger charge is 2.13. The van der Waals surface area contributed by atoms with Gasteiger partial charge in [-0.2, -0.15) is 0 Å². The predicted molar refractivity (Wildman–Crippen MR) is 48.9 cm³/mol. The predicted octanol–water partition coefficient (Wildman–Crippen LogP) is 1.60. The lowest BCUT2D eigenvalue weighted by Crippen LogP contribution is -2.36. The van der Waals surface area contributed by atoms with Crippen LogP contribution in [0.5, 0.6) is 0 Å². The first-order valence-electron chi connectivity index (χ1n) is 4.49. The van der Waals surface area contributed by atoms with E-state index in [0.29, 0.717) is 0 Å². The molecule has 1 saturated heterocycles. The fraction of sp³-hybridized carbons (Fsp3) is 0.500. The number of likely N-dealkylation sites (tertiary alicyclic amines) is 1. The molecule has 2 heterocycles. The van der Waals surface area contributed by atoms with E-state index in [2.05, 4.69) is 22.0 Å². The zero-order valence-corrected chi connectivity index (χ0v) is 7.45. The zero-order valence-electron chi connectivity index (χ0n) is 7.45. The van der Waals surface area contributed by atoms with E-state index >= 15 is 0 Å². The number of rotatable bonds is 2. The first-order chi connectivity index (χ1) is 5.84. The number of aryl methyl sites for hydroxylation is 1. The molecule has 0 amide bonds. The van der Waals surface area contributed by atoms with Gasteiger partial charge in [0.1, 0.15) is 0 Å². The summed E-state index contributed by atoms with van der Waals surface area (Å²) in [6.45, 7) is 5.56. The van der Waals surface area contributed by atoms with Gasteiger partial charge >= 0.3 is 0 Å². The molecule has 1 aliphatic rings. The molecule has 0 unspecified atom stereocenters. The van der Waals surface area contributed by atoms with Gasteiger partial charge in [-0.15, -0.1) is 0 Å². The van der Waals surface area contributed by atoms with E-state index in [0.717, 1.165) is 12.2 Å². The molecule has 0 saturated carbocycles. The Labute approximate surface area is 73.2 Å². The van der Waals surface area contributed by atoms with Gasteiger partial charge in [0.25, 0.3) is 0 Å². The van der Waals surface area contributed by atoms with Crippen molar-refractivity contribution in [3.63, 3.8) is 0 Å². The Morgan fingerprint density at radius 1 is 1.42 bits per heavy atom. The third kappa shape index (κ3) is 1.64. The summed E-state index contributed by atoms with van der Waals surface area (Å²) < 4.78 is 0. The molecule has 0 atom stereocenters. The Morgan fingerprint density at radius 2 is 2.25 bits per heavy atom.